The number of carbonyl (C=O) groups is 2. The molecule has 8 heteroatoms. The Balaban J connectivity index is 1.75. The number of carbonyl (C=O) groups excluding carboxylic acids is 2. The maximum Gasteiger partial charge on any atom is 0.276 e. The fraction of sp³-hybridized carbons (Fsp3) is 0.111. The summed E-state index contributed by atoms with van der Waals surface area (Å²) in [6.07, 6.45) is 2.91. The number of hydrazine groups is 1. The van der Waals surface area contributed by atoms with E-state index in [9.17, 15) is 9.59 Å². The van der Waals surface area contributed by atoms with E-state index < -0.39 is 11.8 Å². The smallest absolute Gasteiger partial charge is 0.276 e. The highest BCUT2D eigenvalue weighted by Crippen LogP contribution is 2.27. The first kappa shape index (κ1) is 19.8. The molecule has 2 aromatic rings. The van der Waals surface area contributed by atoms with Crippen molar-refractivity contribution in [2.75, 3.05) is 13.7 Å². The minimum absolute atomic E-state index is 0.288. The highest BCUT2D eigenvalue weighted by Gasteiger charge is 2.07. The zero-order valence-electron chi connectivity index (χ0n) is 13.8. The van der Waals surface area contributed by atoms with Crippen LogP contribution in [0.1, 0.15) is 5.56 Å². The molecule has 6 nitrogen and oxygen atoms in total. The summed E-state index contributed by atoms with van der Waals surface area (Å²) in [7, 11) is 1.58. The average molecular weight is 440 g/mol. The largest absolute Gasteiger partial charge is 0.497 e. The molecule has 0 spiro atoms. The number of rotatable bonds is 6. The normalized spacial score (nSPS) is 10.4. The number of nitrogens with one attached hydrogen (secondary N) is 2. The molecule has 2 aromatic carbocycles. The zero-order valence-corrected chi connectivity index (χ0v) is 16.1. The Labute approximate surface area is 164 Å². The third-order valence-electron chi connectivity index (χ3n) is 3.12. The van der Waals surface area contributed by atoms with Crippen LogP contribution in [0, 0.1) is 0 Å². The second kappa shape index (κ2) is 9.84. The number of methoxy groups -OCH3 is 1. The fourth-order valence-electron chi connectivity index (χ4n) is 1.83. The van der Waals surface area contributed by atoms with Crippen LogP contribution in [0.2, 0.25) is 5.02 Å². The van der Waals surface area contributed by atoms with Gasteiger partial charge < -0.3 is 9.47 Å². The lowest BCUT2D eigenvalue weighted by atomic mass is 10.2. The van der Waals surface area contributed by atoms with Gasteiger partial charge in [-0.15, -0.1) is 0 Å². The molecule has 2 N–H and O–H groups in total. The van der Waals surface area contributed by atoms with Gasteiger partial charge in [0.15, 0.2) is 6.61 Å². The van der Waals surface area contributed by atoms with Crippen molar-refractivity contribution in [3.8, 4) is 11.5 Å². The molecular weight excluding hydrogens is 424 g/mol. The second-order valence-electron chi connectivity index (χ2n) is 5.01. The van der Waals surface area contributed by atoms with Crippen LogP contribution >= 0.6 is 27.5 Å². The minimum Gasteiger partial charge on any atom is -0.497 e. The van der Waals surface area contributed by atoms with Crippen LogP contribution in [0.3, 0.4) is 0 Å². The van der Waals surface area contributed by atoms with Crippen LogP contribution in [-0.4, -0.2) is 25.5 Å². The fourth-order valence-corrected chi connectivity index (χ4v) is 2.56. The molecule has 26 heavy (non-hydrogen) atoms. The number of benzene rings is 2. The van der Waals surface area contributed by atoms with Crippen LogP contribution in [0.4, 0.5) is 0 Å². The van der Waals surface area contributed by atoms with Gasteiger partial charge in [0.1, 0.15) is 11.5 Å². The topological polar surface area (TPSA) is 76.7 Å². The van der Waals surface area contributed by atoms with E-state index in [1.165, 1.54) is 6.08 Å². The van der Waals surface area contributed by atoms with Gasteiger partial charge in [-0.25, -0.2) is 0 Å². The first-order chi connectivity index (χ1) is 12.5. The van der Waals surface area contributed by atoms with Gasteiger partial charge in [0, 0.05) is 10.5 Å². The standard InChI is InChI=1S/C18H16BrClN2O4/c1-25-14-6-2-12(3-7-14)4-9-17(23)21-22-18(24)11-26-16-8-5-13(19)10-15(16)20/h2-10H,11H2,1H3,(H,21,23)(H,22,24). The summed E-state index contributed by atoms with van der Waals surface area (Å²) in [6.45, 7) is -0.288. The van der Waals surface area contributed by atoms with Gasteiger partial charge in [-0.05, 0) is 42.0 Å². The highest BCUT2D eigenvalue weighted by molar-refractivity contribution is 9.10. The van der Waals surface area contributed by atoms with E-state index in [2.05, 4.69) is 26.8 Å². The van der Waals surface area contributed by atoms with Gasteiger partial charge in [0.2, 0.25) is 0 Å². The first-order valence-electron chi connectivity index (χ1n) is 7.47. The number of ether oxygens (including phenoxy) is 2. The molecule has 136 valence electrons. The lowest BCUT2D eigenvalue weighted by Gasteiger charge is -2.09. The van der Waals surface area contributed by atoms with Crippen LogP contribution in [0.5, 0.6) is 11.5 Å². The molecule has 0 saturated heterocycles. The summed E-state index contributed by atoms with van der Waals surface area (Å²) in [4.78, 5) is 23.4. The van der Waals surface area contributed by atoms with E-state index in [0.29, 0.717) is 10.8 Å². The van der Waals surface area contributed by atoms with Gasteiger partial charge in [0.05, 0.1) is 12.1 Å². The SMILES string of the molecule is COc1ccc(C=CC(=O)NNC(=O)COc2ccc(Br)cc2Cl)cc1. The molecule has 0 radical (unpaired) electrons. The third kappa shape index (κ3) is 6.42. The van der Waals surface area contributed by atoms with E-state index in [-0.39, 0.29) is 6.61 Å². The van der Waals surface area contributed by atoms with Crippen LogP contribution in [0.25, 0.3) is 6.08 Å². The summed E-state index contributed by atoms with van der Waals surface area (Å²) < 4.78 is 11.1. The zero-order chi connectivity index (χ0) is 18.9. The Morgan fingerprint density at radius 1 is 1.15 bits per heavy atom. The van der Waals surface area contributed by atoms with Crippen molar-refractivity contribution in [1.29, 1.82) is 0 Å². The second-order valence-corrected chi connectivity index (χ2v) is 6.33. The minimum atomic E-state index is -0.518. The molecule has 0 saturated carbocycles. The maximum absolute atomic E-state index is 11.7. The molecule has 2 amide bonds. The number of hydrogen-bond donors (Lipinski definition) is 2. The Morgan fingerprint density at radius 3 is 2.54 bits per heavy atom. The average Bonchev–Trinajstić information content (AvgIpc) is 2.64. The van der Waals surface area contributed by atoms with E-state index in [1.807, 2.05) is 0 Å². The molecule has 0 heterocycles. The maximum atomic E-state index is 11.7. The predicted octanol–water partition coefficient (Wildman–Crippen LogP) is 3.35. The van der Waals surface area contributed by atoms with Crippen molar-refractivity contribution in [3.05, 3.63) is 63.6 Å². The summed E-state index contributed by atoms with van der Waals surface area (Å²) in [5.41, 5.74) is 5.34. The molecule has 0 aliphatic heterocycles. The Morgan fingerprint density at radius 2 is 1.88 bits per heavy atom. The van der Waals surface area contributed by atoms with Gasteiger partial charge in [-0.3, -0.25) is 20.4 Å². The van der Waals surface area contributed by atoms with Crippen molar-refractivity contribution in [2.45, 2.75) is 0 Å². The molecule has 0 fully saturated rings. The van der Waals surface area contributed by atoms with E-state index in [4.69, 9.17) is 21.1 Å². The van der Waals surface area contributed by atoms with Crippen LogP contribution in [0.15, 0.2) is 53.0 Å². The lowest BCUT2D eigenvalue weighted by Crippen LogP contribution is -2.43. The molecule has 2 rings (SSSR count). The van der Waals surface area contributed by atoms with Crippen LogP contribution < -0.4 is 20.3 Å². The molecule has 0 unspecified atom stereocenters. The number of amides is 2. The third-order valence-corrected chi connectivity index (χ3v) is 3.91. The molecular formula is C18H16BrClN2O4. The van der Waals surface area contributed by atoms with Crippen molar-refractivity contribution in [2.24, 2.45) is 0 Å². The number of halogens is 2. The molecule has 0 aliphatic rings. The summed E-state index contributed by atoms with van der Waals surface area (Å²) in [5.74, 6) is 0.103. The first-order valence-corrected chi connectivity index (χ1v) is 8.64. The van der Waals surface area contributed by atoms with E-state index in [0.717, 1.165) is 15.8 Å². The van der Waals surface area contributed by atoms with Crippen molar-refractivity contribution in [1.82, 2.24) is 10.9 Å². The summed E-state index contributed by atoms with van der Waals surface area (Å²) >= 11 is 9.26. The Bertz CT molecular complexity index is 809. The van der Waals surface area contributed by atoms with Crippen molar-refractivity contribution < 1.29 is 19.1 Å². The van der Waals surface area contributed by atoms with E-state index in [1.54, 1.807) is 55.7 Å². The lowest BCUT2D eigenvalue weighted by molar-refractivity contribution is -0.128. The molecule has 0 atom stereocenters. The van der Waals surface area contributed by atoms with E-state index >= 15 is 0 Å². The quantitative estimate of drug-likeness (QED) is 0.535. The van der Waals surface area contributed by atoms with Crippen molar-refractivity contribution in [3.63, 3.8) is 0 Å². The van der Waals surface area contributed by atoms with Gasteiger partial charge in [-0.1, -0.05) is 39.7 Å². The molecule has 0 bridgehead atoms. The Kier molecular flexibility index (Phi) is 7.50. The Hall–Kier alpha value is -2.51. The summed E-state index contributed by atoms with van der Waals surface area (Å²) in [6, 6.07) is 12.2. The monoisotopic (exact) mass is 438 g/mol. The predicted molar refractivity (Wildman–Crippen MR) is 103 cm³/mol. The summed E-state index contributed by atoms with van der Waals surface area (Å²) in [5, 5.41) is 0.374. The molecule has 0 aliphatic carbocycles. The van der Waals surface area contributed by atoms with Gasteiger partial charge in [0.25, 0.3) is 11.8 Å². The highest BCUT2D eigenvalue weighted by atomic mass is 79.9. The number of hydrogen-bond acceptors (Lipinski definition) is 4. The van der Waals surface area contributed by atoms with Crippen LogP contribution in [-0.2, 0) is 9.59 Å². The van der Waals surface area contributed by atoms with Crippen molar-refractivity contribution >= 4 is 45.4 Å². The molecule has 0 aromatic heterocycles. The van der Waals surface area contributed by atoms with Gasteiger partial charge in [-0.2, -0.15) is 0 Å². The van der Waals surface area contributed by atoms with Gasteiger partial charge >= 0.3 is 0 Å².